The summed E-state index contributed by atoms with van der Waals surface area (Å²) < 4.78 is 5.75. The minimum atomic E-state index is -0.850. The van der Waals surface area contributed by atoms with Crippen molar-refractivity contribution in [3.05, 3.63) is 0 Å². The maximum Gasteiger partial charge on any atom is 0.302 e. The first kappa shape index (κ1) is 34.2. The number of nitrogens with two attached hydrogens (primary N) is 1. The van der Waals surface area contributed by atoms with Crippen LogP contribution in [0.25, 0.3) is 0 Å². The molecule has 0 aromatic carbocycles. The van der Waals surface area contributed by atoms with Gasteiger partial charge in [0.25, 0.3) is 0 Å². The van der Waals surface area contributed by atoms with Crippen molar-refractivity contribution < 1.29 is 14.6 Å². The van der Waals surface area contributed by atoms with Crippen LogP contribution in [0.2, 0.25) is 0 Å². The number of nitrogens with one attached hydrogen (secondary N) is 2. The molecule has 0 saturated heterocycles. The monoisotopic (exact) mass is 590 g/mol. The van der Waals surface area contributed by atoms with E-state index in [1.165, 1.54) is 51.9 Å². The summed E-state index contributed by atoms with van der Waals surface area (Å²) in [6, 6.07) is 0.0456. The largest absolute Gasteiger partial charge is 0.462 e. The van der Waals surface area contributed by atoms with Crippen molar-refractivity contribution in [2.45, 2.75) is 149 Å². The first-order valence-electron chi connectivity index (χ1n) is 18.0. The summed E-state index contributed by atoms with van der Waals surface area (Å²) in [5, 5.41) is 20.2. The van der Waals surface area contributed by atoms with Gasteiger partial charge in [0.15, 0.2) is 0 Å². The predicted molar refractivity (Wildman–Crippen MR) is 173 cm³/mol. The fourth-order valence-corrected chi connectivity index (χ4v) is 10.9. The van der Waals surface area contributed by atoms with Gasteiger partial charge in [-0.2, -0.15) is 0 Å². The zero-order chi connectivity index (χ0) is 30.5. The molecule has 0 unspecified atom stereocenters. The summed E-state index contributed by atoms with van der Waals surface area (Å²) in [5.74, 6) is 4.19. The molecule has 10 atom stereocenters. The predicted octanol–water partition coefficient (Wildman–Crippen LogP) is 6.44. The highest BCUT2D eigenvalue weighted by atomic mass is 16.5. The van der Waals surface area contributed by atoms with Gasteiger partial charge in [-0.3, -0.25) is 4.79 Å². The molecule has 4 rings (SSSR count). The molecule has 6 nitrogen and oxygen atoms in total. The van der Waals surface area contributed by atoms with Crippen molar-refractivity contribution >= 4 is 5.97 Å². The van der Waals surface area contributed by atoms with Crippen molar-refractivity contribution in [1.29, 1.82) is 0 Å². The minimum absolute atomic E-state index is 0.0456. The zero-order valence-corrected chi connectivity index (χ0v) is 28.2. The number of hydrogen-bond acceptors (Lipinski definition) is 6. The third-order valence-corrected chi connectivity index (χ3v) is 13.1. The summed E-state index contributed by atoms with van der Waals surface area (Å²) in [6.45, 7) is 17.5. The number of carbonyl (C=O) groups excluding carboxylic acids is 1. The molecule has 4 fully saturated rings. The normalized spacial score (nSPS) is 40.3. The Kier molecular flexibility index (Phi) is 11.9. The number of aliphatic hydroxyl groups is 1. The molecule has 0 radical (unpaired) electrons. The first-order valence-corrected chi connectivity index (χ1v) is 18.0. The lowest BCUT2D eigenvalue weighted by molar-refractivity contribution is -0.237. The molecule has 42 heavy (non-hydrogen) atoms. The maximum atomic E-state index is 12.7. The van der Waals surface area contributed by atoms with Gasteiger partial charge in [0.05, 0.1) is 5.60 Å². The van der Waals surface area contributed by atoms with Crippen molar-refractivity contribution in [2.24, 2.45) is 52.1 Å². The Morgan fingerprint density at radius 2 is 1.71 bits per heavy atom. The Labute approximate surface area is 258 Å². The lowest BCUT2D eigenvalue weighted by Gasteiger charge is -2.66. The third-order valence-electron chi connectivity index (χ3n) is 13.1. The van der Waals surface area contributed by atoms with Crippen LogP contribution in [0, 0.1) is 46.3 Å². The SMILES string of the molecule is CC(=O)O[C@H]1CC[C@]2(C)[C@H]3CC[C@]4(C)[C@@H]([C@H](C)CCCC(C)C)CC[C@H]4[C@@H]3C[C@@H](NCCCNCCCCN)[C@@]2(O)C1. The summed E-state index contributed by atoms with van der Waals surface area (Å²) in [5.41, 5.74) is 5.07. The van der Waals surface area contributed by atoms with Crippen molar-refractivity contribution in [3.63, 3.8) is 0 Å². The number of rotatable bonds is 15. The molecule has 4 aliphatic rings. The molecule has 4 saturated carbocycles. The van der Waals surface area contributed by atoms with E-state index in [2.05, 4.69) is 45.3 Å². The van der Waals surface area contributed by atoms with Crippen LogP contribution in [0.3, 0.4) is 0 Å². The molecule has 4 aliphatic carbocycles. The van der Waals surface area contributed by atoms with E-state index in [1.54, 1.807) is 0 Å². The number of ether oxygens (including phenoxy) is 1. The Morgan fingerprint density at radius 3 is 2.43 bits per heavy atom. The number of esters is 1. The zero-order valence-electron chi connectivity index (χ0n) is 28.2. The topological polar surface area (TPSA) is 96.6 Å². The molecule has 0 heterocycles. The third kappa shape index (κ3) is 7.07. The highest BCUT2D eigenvalue weighted by molar-refractivity contribution is 5.66. The van der Waals surface area contributed by atoms with Crippen LogP contribution in [0.1, 0.15) is 131 Å². The Morgan fingerprint density at radius 1 is 0.952 bits per heavy atom. The number of carbonyl (C=O) groups is 1. The summed E-state index contributed by atoms with van der Waals surface area (Å²) >= 11 is 0. The van der Waals surface area contributed by atoms with Crippen LogP contribution in [-0.2, 0) is 9.53 Å². The van der Waals surface area contributed by atoms with E-state index in [0.29, 0.717) is 23.7 Å². The standard InChI is InChI=1S/C36H67N3O3/c1-25(2)11-9-12-26(3)30-13-14-31-29-23-33(39-22-10-21-38-20-8-7-19-37)36(41)24-28(42-27(4)40)15-18-35(36,6)32(29)16-17-34(30,31)5/h25-26,28-33,38-39,41H,7-24,37H2,1-6H3/t26-,28+,29+,30-,31+,32+,33-,34-,35-,36+/m1/s1. The van der Waals surface area contributed by atoms with E-state index >= 15 is 0 Å². The quantitative estimate of drug-likeness (QED) is 0.130. The van der Waals surface area contributed by atoms with E-state index in [4.69, 9.17) is 10.5 Å². The molecular formula is C36H67N3O3. The molecule has 0 bridgehead atoms. The Hall–Kier alpha value is -0.690. The molecule has 0 aromatic rings. The first-order chi connectivity index (χ1) is 20.0. The molecule has 5 N–H and O–H groups in total. The lowest BCUT2D eigenvalue weighted by Crippen LogP contribution is -2.71. The van der Waals surface area contributed by atoms with E-state index in [1.807, 2.05) is 0 Å². The number of unbranched alkanes of at least 4 members (excludes halogenated alkanes) is 1. The maximum absolute atomic E-state index is 12.7. The van der Waals surface area contributed by atoms with Gasteiger partial charge >= 0.3 is 5.97 Å². The Bertz CT molecular complexity index is 868. The van der Waals surface area contributed by atoms with Crippen molar-refractivity contribution in [3.8, 4) is 0 Å². The van der Waals surface area contributed by atoms with Gasteiger partial charge in [-0.1, -0.05) is 53.9 Å². The minimum Gasteiger partial charge on any atom is -0.462 e. The van der Waals surface area contributed by atoms with Gasteiger partial charge in [-0.15, -0.1) is 0 Å². The molecule has 0 aromatic heterocycles. The van der Waals surface area contributed by atoms with Gasteiger partial charge in [-0.25, -0.2) is 0 Å². The van der Waals surface area contributed by atoms with Gasteiger partial charge in [0.2, 0.25) is 0 Å². The molecule has 244 valence electrons. The van der Waals surface area contributed by atoms with Crippen LogP contribution >= 0.6 is 0 Å². The van der Waals surface area contributed by atoms with Gasteiger partial charge < -0.3 is 26.2 Å². The van der Waals surface area contributed by atoms with Crippen LogP contribution in [-0.4, -0.2) is 55.0 Å². The molecule has 6 heteroatoms. The van der Waals surface area contributed by atoms with Crippen LogP contribution in [0.4, 0.5) is 0 Å². The second kappa shape index (κ2) is 14.6. The average molecular weight is 590 g/mol. The Balaban J connectivity index is 1.49. The van der Waals surface area contributed by atoms with Gasteiger partial charge in [0, 0.05) is 24.8 Å². The van der Waals surface area contributed by atoms with E-state index in [9.17, 15) is 9.90 Å². The van der Waals surface area contributed by atoms with Crippen LogP contribution in [0.5, 0.6) is 0 Å². The van der Waals surface area contributed by atoms with E-state index in [0.717, 1.165) is 88.4 Å². The highest BCUT2D eigenvalue weighted by Crippen LogP contribution is 2.69. The summed E-state index contributed by atoms with van der Waals surface area (Å²) in [7, 11) is 0. The fraction of sp³-hybridized carbons (Fsp3) is 0.972. The number of hydrogen-bond donors (Lipinski definition) is 4. The fourth-order valence-electron chi connectivity index (χ4n) is 10.9. The van der Waals surface area contributed by atoms with Crippen molar-refractivity contribution in [2.75, 3.05) is 26.2 Å². The molecule has 0 amide bonds. The van der Waals surface area contributed by atoms with Gasteiger partial charge in [0.1, 0.15) is 6.10 Å². The summed E-state index contributed by atoms with van der Waals surface area (Å²) in [4.78, 5) is 11.9. The van der Waals surface area contributed by atoms with Crippen molar-refractivity contribution in [1.82, 2.24) is 10.6 Å². The summed E-state index contributed by atoms with van der Waals surface area (Å²) in [6.07, 6.45) is 15.9. The van der Waals surface area contributed by atoms with E-state index < -0.39 is 5.60 Å². The van der Waals surface area contributed by atoms with Crippen LogP contribution in [0.15, 0.2) is 0 Å². The number of fused-ring (bicyclic) bond motifs is 5. The van der Waals surface area contributed by atoms with Crippen LogP contribution < -0.4 is 16.4 Å². The smallest absolute Gasteiger partial charge is 0.302 e. The molecule has 0 spiro atoms. The van der Waals surface area contributed by atoms with Gasteiger partial charge in [-0.05, 0) is 131 Å². The molecular weight excluding hydrogens is 522 g/mol. The average Bonchev–Trinajstić information content (AvgIpc) is 3.28. The second-order valence-corrected chi connectivity index (χ2v) is 16.1. The highest BCUT2D eigenvalue weighted by Gasteiger charge is 2.67. The lowest BCUT2D eigenvalue weighted by atomic mass is 9.42. The molecule has 0 aliphatic heterocycles. The van der Waals surface area contributed by atoms with E-state index in [-0.39, 0.29) is 23.5 Å². The second-order valence-electron chi connectivity index (χ2n) is 16.1.